The molecule has 0 radical (unpaired) electrons. The summed E-state index contributed by atoms with van der Waals surface area (Å²) in [5.74, 6) is -0.227. The zero-order chi connectivity index (χ0) is 18.0. The van der Waals surface area contributed by atoms with Crippen LogP contribution in [-0.2, 0) is 4.79 Å². The van der Waals surface area contributed by atoms with Crippen molar-refractivity contribution < 1.29 is 14.0 Å². The van der Waals surface area contributed by atoms with Gasteiger partial charge in [-0.3, -0.25) is 9.59 Å². The summed E-state index contributed by atoms with van der Waals surface area (Å²) in [6, 6.07) is 4.11. The van der Waals surface area contributed by atoms with E-state index in [-0.39, 0.29) is 34.4 Å². The maximum absolute atomic E-state index is 13.5. The van der Waals surface area contributed by atoms with Crippen molar-refractivity contribution in [3.63, 3.8) is 0 Å². The molecule has 1 N–H and O–H groups in total. The van der Waals surface area contributed by atoms with Crippen LogP contribution in [0.25, 0.3) is 0 Å². The number of likely N-dealkylation sites (tertiary alicyclic amines) is 2. The van der Waals surface area contributed by atoms with Gasteiger partial charge < -0.3 is 15.1 Å². The first-order valence-corrected chi connectivity index (χ1v) is 9.07. The SMILES string of the molecule is CNCCN1C(=O)CC[C@H]2CN(C(=O)c3cc(F)cc(Cl)c3)CC[C@H]21. The molecule has 2 aliphatic heterocycles. The number of halogens is 2. The highest BCUT2D eigenvalue weighted by molar-refractivity contribution is 6.31. The highest BCUT2D eigenvalue weighted by atomic mass is 35.5. The monoisotopic (exact) mass is 367 g/mol. The average molecular weight is 368 g/mol. The number of rotatable bonds is 4. The standard InChI is InChI=1S/C18H23ClFN3O2/c1-21-5-7-23-16-4-6-22(11-12(16)2-3-17(23)24)18(25)13-8-14(19)10-15(20)9-13/h8-10,12,16,21H,2-7,11H2,1H3/t12-,16+/m0/s1. The second kappa shape index (κ2) is 7.70. The van der Waals surface area contributed by atoms with E-state index >= 15 is 0 Å². The molecule has 2 aliphatic rings. The summed E-state index contributed by atoms with van der Waals surface area (Å²) in [4.78, 5) is 28.7. The van der Waals surface area contributed by atoms with Crippen LogP contribution in [0.5, 0.6) is 0 Å². The molecule has 0 spiro atoms. The van der Waals surface area contributed by atoms with Crippen LogP contribution in [0.2, 0.25) is 5.02 Å². The lowest BCUT2D eigenvalue weighted by molar-refractivity contribution is -0.140. The summed E-state index contributed by atoms with van der Waals surface area (Å²) >= 11 is 5.87. The summed E-state index contributed by atoms with van der Waals surface area (Å²) < 4.78 is 13.5. The van der Waals surface area contributed by atoms with Crippen molar-refractivity contribution in [2.75, 3.05) is 33.2 Å². The molecule has 0 bridgehead atoms. The normalized spacial score (nSPS) is 23.6. The van der Waals surface area contributed by atoms with Crippen LogP contribution in [-0.4, -0.2) is 60.9 Å². The van der Waals surface area contributed by atoms with Crippen molar-refractivity contribution in [2.24, 2.45) is 5.92 Å². The van der Waals surface area contributed by atoms with Gasteiger partial charge in [-0.05, 0) is 44.0 Å². The number of carbonyl (C=O) groups excluding carboxylic acids is 2. The van der Waals surface area contributed by atoms with E-state index in [4.69, 9.17) is 11.6 Å². The fourth-order valence-corrected chi connectivity index (χ4v) is 4.14. The summed E-state index contributed by atoms with van der Waals surface area (Å²) in [7, 11) is 1.87. The number of carbonyl (C=O) groups is 2. The van der Waals surface area contributed by atoms with Gasteiger partial charge in [0.05, 0.1) is 0 Å². The van der Waals surface area contributed by atoms with Crippen molar-refractivity contribution in [2.45, 2.75) is 25.3 Å². The van der Waals surface area contributed by atoms with Crippen LogP contribution in [0, 0.1) is 11.7 Å². The van der Waals surface area contributed by atoms with Crippen LogP contribution in [0.3, 0.4) is 0 Å². The van der Waals surface area contributed by atoms with E-state index in [9.17, 15) is 14.0 Å². The molecule has 3 rings (SSSR count). The molecule has 2 atom stereocenters. The quantitative estimate of drug-likeness (QED) is 0.887. The molecule has 5 nitrogen and oxygen atoms in total. The van der Waals surface area contributed by atoms with Crippen molar-refractivity contribution in [1.82, 2.24) is 15.1 Å². The van der Waals surface area contributed by atoms with Crippen LogP contribution < -0.4 is 5.32 Å². The zero-order valence-electron chi connectivity index (χ0n) is 14.3. The third-order valence-electron chi connectivity index (χ3n) is 5.14. The molecule has 0 aliphatic carbocycles. The molecule has 1 aromatic carbocycles. The number of hydrogen-bond acceptors (Lipinski definition) is 3. The average Bonchev–Trinajstić information content (AvgIpc) is 2.59. The number of piperidine rings is 2. The first kappa shape index (κ1) is 18.1. The minimum atomic E-state index is -0.507. The van der Waals surface area contributed by atoms with E-state index in [1.54, 1.807) is 4.90 Å². The Hall–Kier alpha value is -1.66. The minimum Gasteiger partial charge on any atom is -0.338 e. The Morgan fingerprint density at radius 2 is 2.16 bits per heavy atom. The van der Waals surface area contributed by atoms with Gasteiger partial charge >= 0.3 is 0 Å². The summed E-state index contributed by atoms with van der Waals surface area (Å²) in [6.45, 7) is 2.63. The maximum Gasteiger partial charge on any atom is 0.254 e. The van der Waals surface area contributed by atoms with Gasteiger partial charge in [0.1, 0.15) is 5.82 Å². The molecule has 0 unspecified atom stereocenters. The molecular formula is C18H23ClFN3O2. The van der Waals surface area contributed by atoms with E-state index in [1.807, 2.05) is 11.9 Å². The minimum absolute atomic E-state index is 0.190. The number of amides is 2. The molecule has 7 heteroatoms. The van der Waals surface area contributed by atoms with Crippen LogP contribution in [0.15, 0.2) is 18.2 Å². The molecule has 0 saturated carbocycles. The highest BCUT2D eigenvalue weighted by Gasteiger charge is 2.40. The lowest BCUT2D eigenvalue weighted by Crippen LogP contribution is -2.57. The summed E-state index contributed by atoms with van der Waals surface area (Å²) in [5, 5.41) is 3.31. The molecule has 1 aromatic rings. The van der Waals surface area contributed by atoms with Gasteiger partial charge in [0, 0.05) is 49.2 Å². The van der Waals surface area contributed by atoms with E-state index < -0.39 is 5.82 Å². The lowest BCUT2D eigenvalue weighted by Gasteiger charge is -2.47. The number of nitrogens with one attached hydrogen (secondary N) is 1. The van der Waals surface area contributed by atoms with Gasteiger partial charge in [-0.15, -0.1) is 0 Å². The predicted octanol–water partition coefficient (Wildman–Crippen LogP) is 2.15. The maximum atomic E-state index is 13.5. The Balaban J connectivity index is 1.70. The number of hydrogen-bond donors (Lipinski definition) is 1. The van der Waals surface area contributed by atoms with Crippen molar-refractivity contribution >= 4 is 23.4 Å². The fraction of sp³-hybridized carbons (Fsp3) is 0.556. The zero-order valence-corrected chi connectivity index (χ0v) is 15.1. The van der Waals surface area contributed by atoms with Crippen LogP contribution in [0.1, 0.15) is 29.6 Å². The van der Waals surface area contributed by atoms with Gasteiger partial charge in [-0.25, -0.2) is 4.39 Å². The largest absolute Gasteiger partial charge is 0.338 e. The molecule has 0 aromatic heterocycles. The molecule has 136 valence electrons. The summed E-state index contributed by atoms with van der Waals surface area (Å²) in [6.07, 6.45) is 2.08. The Labute approximate surface area is 152 Å². The van der Waals surface area contributed by atoms with Crippen molar-refractivity contribution in [3.05, 3.63) is 34.6 Å². The van der Waals surface area contributed by atoms with Crippen LogP contribution in [0.4, 0.5) is 4.39 Å². The number of nitrogens with zero attached hydrogens (tertiary/aromatic N) is 2. The van der Waals surface area contributed by atoms with E-state index in [0.717, 1.165) is 19.4 Å². The smallest absolute Gasteiger partial charge is 0.254 e. The summed E-state index contributed by atoms with van der Waals surface area (Å²) in [5.41, 5.74) is 0.280. The number of likely N-dealkylation sites (N-methyl/N-ethyl adjacent to an activating group) is 1. The number of fused-ring (bicyclic) bond motifs is 1. The topological polar surface area (TPSA) is 52.7 Å². The molecule has 25 heavy (non-hydrogen) atoms. The van der Waals surface area contributed by atoms with Gasteiger partial charge in [0.15, 0.2) is 0 Å². The van der Waals surface area contributed by atoms with Crippen molar-refractivity contribution in [1.29, 1.82) is 0 Å². The Bertz CT molecular complexity index is 649. The Morgan fingerprint density at radius 3 is 2.88 bits per heavy atom. The highest BCUT2D eigenvalue weighted by Crippen LogP contribution is 2.32. The molecular weight excluding hydrogens is 345 g/mol. The second-order valence-corrected chi connectivity index (χ2v) is 7.19. The van der Waals surface area contributed by atoms with Gasteiger partial charge in [0.25, 0.3) is 5.91 Å². The molecule has 2 saturated heterocycles. The lowest BCUT2D eigenvalue weighted by atomic mass is 9.83. The number of benzene rings is 1. The van der Waals surface area contributed by atoms with Gasteiger partial charge in [-0.1, -0.05) is 11.6 Å². The Morgan fingerprint density at radius 1 is 1.36 bits per heavy atom. The first-order valence-electron chi connectivity index (χ1n) is 8.69. The third kappa shape index (κ3) is 3.96. The van der Waals surface area contributed by atoms with Crippen LogP contribution >= 0.6 is 11.6 Å². The van der Waals surface area contributed by atoms with Gasteiger partial charge in [0.2, 0.25) is 5.91 Å². The predicted molar refractivity (Wildman–Crippen MR) is 94.1 cm³/mol. The Kier molecular flexibility index (Phi) is 5.59. The van der Waals surface area contributed by atoms with E-state index in [2.05, 4.69) is 5.32 Å². The molecule has 2 heterocycles. The van der Waals surface area contributed by atoms with E-state index in [1.165, 1.54) is 18.2 Å². The fourth-order valence-electron chi connectivity index (χ4n) is 3.92. The second-order valence-electron chi connectivity index (χ2n) is 6.75. The molecule has 2 fully saturated rings. The van der Waals surface area contributed by atoms with Crippen molar-refractivity contribution in [3.8, 4) is 0 Å². The molecule has 2 amide bonds. The van der Waals surface area contributed by atoms with Gasteiger partial charge in [-0.2, -0.15) is 0 Å². The third-order valence-corrected chi connectivity index (χ3v) is 5.36. The first-order chi connectivity index (χ1) is 12.0. The van der Waals surface area contributed by atoms with E-state index in [0.29, 0.717) is 26.1 Å².